The van der Waals surface area contributed by atoms with Crippen LogP contribution >= 0.6 is 0 Å². The molecule has 0 aliphatic heterocycles. The van der Waals surface area contributed by atoms with Crippen molar-refractivity contribution in [2.75, 3.05) is 18.9 Å². The Bertz CT molecular complexity index is 661. The maximum atomic E-state index is 11.7. The number of hydrogen-bond donors (Lipinski definition) is 2. The van der Waals surface area contributed by atoms with Crippen LogP contribution in [0.5, 0.6) is 0 Å². The second-order valence-electron chi connectivity index (χ2n) is 6.03. The summed E-state index contributed by atoms with van der Waals surface area (Å²) in [4.78, 5) is 11.7. The van der Waals surface area contributed by atoms with Crippen LogP contribution in [-0.2, 0) is 4.79 Å². The number of rotatable bonds is 5. The maximum absolute atomic E-state index is 11.7. The van der Waals surface area contributed by atoms with Gasteiger partial charge >= 0.3 is 0 Å². The maximum Gasteiger partial charge on any atom is 0.238 e. The molecule has 0 spiro atoms. The van der Waals surface area contributed by atoms with Crippen LogP contribution in [0.25, 0.3) is 11.3 Å². The van der Waals surface area contributed by atoms with Crippen molar-refractivity contribution < 1.29 is 4.79 Å². The van der Waals surface area contributed by atoms with Crippen molar-refractivity contribution in [1.82, 2.24) is 20.3 Å². The van der Waals surface area contributed by atoms with Crippen LogP contribution in [0.1, 0.15) is 38.1 Å². The van der Waals surface area contributed by atoms with E-state index in [4.69, 9.17) is 0 Å². The fourth-order valence-corrected chi connectivity index (χ4v) is 3.06. The van der Waals surface area contributed by atoms with E-state index in [0.717, 1.165) is 16.9 Å². The molecule has 6 nitrogen and oxygen atoms in total. The first-order valence-corrected chi connectivity index (χ1v) is 8.23. The lowest BCUT2D eigenvalue weighted by Gasteiger charge is -2.20. The number of likely N-dealkylation sites (N-methyl/N-ethyl adjacent to an activating group) is 1. The summed E-state index contributed by atoms with van der Waals surface area (Å²) in [7, 11) is 1.75. The first kappa shape index (κ1) is 15.7. The summed E-state index contributed by atoms with van der Waals surface area (Å²) in [6, 6.07) is 8.20. The minimum Gasteiger partial charge on any atom is -0.325 e. The Morgan fingerprint density at radius 2 is 2.13 bits per heavy atom. The highest BCUT2D eigenvalue weighted by Gasteiger charge is 2.17. The summed E-state index contributed by atoms with van der Waals surface area (Å²) < 4.78 is 2.00. The second-order valence-corrected chi connectivity index (χ2v) is 6.03. The van der Waals surface area contributed by atoms with Gasteiger partial charge < -0.3 is 10.6 Å². The molecule has 1 aliphatic carbocycles. The lowest BCUT2D eigenvalue weighted by atomic mass is 9.96. The highest BCUT2D eigenvalue weighted by molar-refractivity contribution is 5.92. The molecule has 122 valence electrons. The van der Waals surface area contributed by atoms with Crippen molar-refractivity contribution in [1.29, 1.82) is 0 Å². The van der Waals surface area contributed by atoms with Crippen molar-refractivity contribution in [2.45, 2.75) is 38.1 Å². The van der Waals surface area contributed by atoms with Crippen LogP contribution < -0.4 is 10.6 Å². The predicted octanol–water partition coefficient (Wildman–Crippen LogP) is 2.61. The molecule has 1 amide bonds. The minimum atomic E-state index is -0.0597. The lowest BCUT2D eigenvalue weighted by Crippen LogP contribution is -2.24. The molecule has 1 heterocycles. The van der Waals surface area contributed by atoms with Crippen LogP contribution in [0, 0.1) is 0 Å². The first-order valence-electron chi connectivity index (χ1n) is 8.23. The Kier molecular flexibility index (Phi) is 5.02. The quantitative estimate of drug-likeness (QED) is 0.890. The summed E-state index contributed by atoms with van der Waals surface area (Å²) in [5.74, 6) is -0.0597. The van der Waals surface area contributed by atoms with Gasteiger partial charge in [-0.1, -0.05) is 36.6 Å². The zero-order chi connectivity index (χ0) is 16.1. The molecule has 1 aromatic heterocycles. The zero-order valence-electron chi connectivity index (χ0n) is 13.5. The molecule has 3 rings (SSSR count). The predicted molar refractivity (Wildman–Crippen MR) is 90.1 cm³/mol. The van der Waals surface area contributed by atoms with Crippen LogP contribution in [0.4, 0.5) is 5.69 Å². The summed E-state index contributed by atoms with van der Waals surface area (Å²) >= 11 is 0. The van der Waals surface area contributed by atoms with E-state index < -0.39 is 0 Å². The Labute approximate surface area is 136 Å². The van der Waals surface area contributed by atoms with E-state index in [1.807, 2.05) is 35.1 Å². The van der Waals surface area contributed by atoms with Gasteiger partial charge in [-0.25, -0.2) is 4.68 Å². The van der Waals surface area contributed by atoms with Gasteiger partial charge in [-0.05, 0) is 32.0 Å². The molecule has 0 unspecified atom stereocenters. The number of anilines is 1. The average Bonchev–Trinajstić information content (AvgIpc) is 3.06. The van der Waals surface area contributed by atoms with Crippen molar-refractivity contribution >= 4 is 11.6 Å². The molecule has 2 aromatic rings. The molecular formula is C17H23N5O. The number of amides is 1. The number of nitrogens with zero attached hydrogens (tertiary/aromatic N) is 3. The molecule has 1 aromatic carbocycles. The number of nitrogens with one attached hydrogen (secondary N) is 2. The minimum absolute atomic E-state index is 0.0597. The van der Waals surface area contributed by atoms with Gasteiger partial charge in [0.25, 0.3) is 0 Å². The largest absolute Gasteiger partial charge is 0.325 e. The smallest absolute Gasteiger partial charge is 0.238 e. The molecule has 2 N–H and O–H groups in total. The van der Waals surface area contributed by atoms with Crippen molar-refractivity contribution in [3.05, 3.63) is 30.5 Å². The molecule has 1 fully saturated rings. The van der Waals surface area contributed by atoms with E-state index in [0.29, 0.717) is 12.6 Å². The third kappa shape index (κ3) is 3.96. The molecule has 0 saturated heterocycles. The third-order valence-electron chi connectivity index (χ3n) is 4.24. The van der Waals surface area contributed by atoms with Crippen LogP contribution in [0.15, 0.2) is 30.5 Å². The Morgan fingerprint density at radius 1 is 1.30 bits per heavy atom. The molecule has 1 aliphatic rings. The SMILES string of the molecule is CNCC(=O)Nc1cccc(-c2cn(C3CCCCC3)nn2)c1. The van der Waals surface area contributed by atoms with Crippen LogP contribution in [0.3, 0.4) is 0 Å². The summed E-state index contributed by atoms with van der Waals surface area (Å²) in [5.41, 5.74) is 2.59. The Morgan fingerprint density at radius 3 is 2.91 bits per heavy atom. The lowest BCUT2D eigenvalue weighted by molar-refractivity contribution is -0.115. The van der Waals surface area contributed by atoms with Crippen LogP contribution in [0.2, 0.25) is 0 Å². The molecule has 1 saturated carbocycles. The van der Waals surface area contributed by atoms with Crippen molar-refractivity contribution in [3.63, 3.8) is 0 Å². The number of hydrogen-bond acceptors (Lipinski definition) is 4. The molecule has 0 bridgehead atoms. The van der Waals surface area contributed by atoms with Gasteiger partial charge in [0.2, 0.25) is 5.91 Å². The van der Waals surface area contributed by atoms with Gasteiger partial charge in [0.1, 0.15) is 5.69 Å². The Hall–Kier alpha value is -2.21. The standard InChI is InChI=1S/C17H23N5O/c1-18-11-17(23)19-14-7-5-6-13(10-14)16-12-22(21-20-16)15-8-3-2-4-9-15/h5-7,10,12,15,18H,2-4,8-9,11H2,1H3,(H,19,23). The van der Waals surface area contributed by atoms with Gasteiger partial charge in [0.15, 0.2) is 0 Å². The third-order valence-corrected chi connectivity index (χ3v) is 4.24. The Balaban J connectivity index is 1.74. The normalized spacial score (nSPS) is 15.5. The van der Waals surface area contributed by atoms with E-state index in [2.05, 4.69) is 20.9 Å². The number of carbonyl (C=O) groups excluding carboxylic acids is 1. The fraction of sp³-hybridized carbons (Fsp3) is 0.471. The molecule has 0 atom stereocenters. The monoisotopic (exact) mass is 313 g/mol. The van der Waals surface area contributed by atoms with Crippen LogP contribution in [-0.4, -0.2) is 34.5 Å². The number of benzene rings is 1. The molecule has 23 heavy (non-hydrogen) atoms. The van der Waals surface area contributed by atoms with Gasteiger partial charge in [-0.15, -0.1) is 5.10 Å². The summed E-state index contributed by atoms with van der Waals surface area (Å²) in [6.45, 7) is 0.294. The number of carbonyl (C=O) groups is 1. The van der Waals surface area contributed by atoms with Gasteiger partial charge in [0, 0.05) is 11.3 Å². The van der Waals surface area contributed by atoms with Gasteiger partial charge in [0.05, 0.1) is 18.8 Å². The highest BCUT2D eigenvalue weighted by Crippen LogP contribution is 2.29. The van der Waals surface area contributed by atoms with Crippen molar-refractivity contribution in [2.24, 2.45) is 0 Å². The summed E-state index contributed by atoms with van der Waals surface area (Å²) in [6.07, 6.45) is 8.25. The molecule has 6 heteroatoms. The van der Waals surface area contributed by atoms with Gasteiger partial charge in [-0.3, -0.25) is 4.79 Å². The molecular weight excluding hydrogens is 290 g/mol. The second kappa shape index (κ2) is 7.37. The topological polar surface area (TPSA) is 71.8 Å². The zero-order valence-corrected chi connectivity index (χ0v) is 13.5. The van der Waals surface area contributed by atoms with E-state index >= 15 is 0 Å². The van der Waals surface area contributed by atoms with E-state index in [9.17, 15) is 4.79 Å². The van der Waals surface area contributed by atoms with Crippen molar-refractivity contribution in [3.8, 4) is 11.3 Å². The van der Waals surface area contributed by atoms with Gasteiger partial charge in [-0.2, -0.15) is 0 Å². The first-order chi connectivity index (χ1) is 11.3. The fourth-order valence-electron chi connectivity index (χ4n) is 3.06. The number of aromatic nitrogens is 3. The van der Waals surface area contributed by atoms with E-state index in [1.54, 1.807) is 7.05 Å². The summed E-state index contributed by atoms with van der Waals surface area (Å²) in [5, 5.41) is 14.3. The van der Waals surface area contributed by atoms with E-state index in [1.165, 1.54) is 32.1 Å². The highest BCUT2D eigenvalue weighted by atomic mass is 16.1. The van der Waals surface area contributed by atoms with E-state index in [-0.39, 0.29) is 5.91 Å². The molecule has 0 radical (unpaired) electrons. The average molecular weight is 313 g/mol.